The molecular formula is C23H29ClN2O2. The van der Waals surface area contributed by atoms with E-state index < -0.39 is 5.97 Å². The fourth-order valence-electron chi connectivity index (χ4n) is 6.02. The van der Waals surface area contributed by atoms with Gasteiger partial charge in [-0.1, -0.05) is 11.1 Å². The highest BCUT2D eigenvalue weighted by Crippen LogP contribution is 2.75. The van der Waals surface area contributed by atoms with Crippen molar-refractivity contribution >= 4 is 23.3 Å². The first-order chi connectivity index (χ1) is 13.5. The molecule has 1 heterocycles. The lowest BCUT2D eigenvalue weighted by Crippen LogP contribution is -2.64. The van der Waals surface area contributed by atoms with E-state index in [1.54, 1.807) is 23.3 Å². The summed E-state index contributed by atoms with van der Waals surface area (Å²) in [5.41, 5.74) is 5.48. The Morgan fingerprint density at radius 2 is 1.64 bits per heavy atom. The van der Waals surface area contributed by atoms with E-state index in [1.165, 1.54) is 44.9 Å². The summed E-state index contributed by atoms with van der Waals surface area (Å²) in [7, 11) is 0. The topological polar surface area (TPSA) is 43.8 Å². The SMILES string of the molecule is O=C(O)c1ccc(N2CCN(CC3=C(C45CC(Cl)(C4)C5)CCCC3)CC2)cc1. The first kappa shape index (κ1) is 18.5. The lowest BCUT2D eigenvalue weighted by Gasteiger charge is -2.69. The van der Waals surface area contributed by atoms with Gasteiger partial charge in [-0.05, 0) is 74.6 Å². The molecule has 4 aliphatic carbocycles. The molecule has 28 heavy (non-hydrogen) atoms. The van der Waals surface area contributed by atoms with Crippen molar-refractivity contribution in [3.63, 3.8) is 0 Å². The maximum Gasteiger partial charge on any atom is 0.335 e. The third kappa shape index (κ3) is 3.15. The summed E-state index contributed by atoms with van der Waals surface area (Å²) in [6.45, 7) is 5.29. The maximum atomic E-state index is 11.0. The van der Waals surface area contributed by atoms with E-state index in [0.29, 0.717) is 11.0 Å². The van der Waals surface area contributed by atoms with Crippen LogP contribution >= 0.6 is 11.6 Å². The van der Waals surface area contributed by atoms with Crippen LogP contribution in [0.15, 0.2) is 35.4 Å². The zero-order valence-electron chi connectivity index (χ0n) is 16.4. The molecule has 1 aromatic carbocycles. The van der Waals surface area contributed by atoms with Crippen molar-refractivity contribution in [3.05, 3.63) is 41.0 Å². The lowest BCUT2D eigenvalue weighted by atomic mass is 9.40. The second-order valence-corrected chi connectivity index (χ2v) is 10.2. The number of hydrogen-bond donors (Lipinski definition) is 1. The molecule has 1 aromatic rings. The largest absolute Gasteiger partial charge is 0.478 e. The number of aromatic carboxylic acids is 1. The number of hydrogen-bond acceptors (Lipinski definition) is 3. The van der Waals surface area contributed by atoms with Gasteiger partial charge in [-0.25, -0.2) is 4.79 Å². The molecule has 6 rings (SSSR count). The number of benzene rings is 1. The second-order valence-electron chi connectivity index (χ2n) is 9.37. The van der Waals surface area contributed by atoms with Gasteiger partial charge in [-0.3, -0.25) is 4.90 Å². The Bertz CT molecular complexity index is 789. The Hall–Kier alpha value is -1.52. The molecule has 0 amide bonds. The molecule has 4 nitrogen and oxygen atoms in total. The van der Waals surface area contributed by atoms with Crippen molar-refractivity contribution in [3.8, 4) is 0 Å². The Balaban J connectivity index is 1.21. The van der Waals surface area contributed by atoms with Crippen molar-refractivity contribution in [1.29, 1.82) is 0 Å². The second kappa shape index (κ2) is 6.77. The van der Waals surface area contributed by atoms with Crippen LogP contribution in [-0.2, 0) is 0 Å². The standard InChI is InChI=1S/C23H29ClN2O2/c24-23-14-22(15-23,16-23)20-4-2-1-3-18(20)13-25-9-11-26(12-10-25)19-7-5-17(6-8-19)21(27)28/h5-8H,1-4,9-16H2,(H,27,28). The average Bonchev–Trinajstić information content (AvgIpc) is 2.66. The number of halogens is 1. The maximum absolute atomic E-state index is 11.0. The highest BCUT2D eigenvalue weighted by molar-refractivity contribution is 6.26. The first-order valence-electron chi connectivity index (χ1n) is 10.7. The van der Waals surface area contributed by atoms with Gasteiger partial charge in [0.05, 0.1) is 5.56 Å². The molecule has 5 aliphatic rings. The van der Waals surface area contributed by atoms with Gasteiger partial charge in [-0.15, -0.1) is 11.6 Å². The Kier molecular flexibility index (Phi) is 4.48. The molecule has 5 heteroatoms. The number of carbonyl (C=O) groups is 1. The average molecular weight is 401 g/mol. The molecule has 1 aliphatic heterocycles. The van der Waals surface area contributed by atoms with Gasteiger partial charge in [0.2, 0.25) is 0 Å². The van der Waals surface area contributed by atoms with Gasteiger partial charge in [0.25, 0.3) is 0 Å². The van der Waals surface area contributed by atoms with E-state index in [1.807, 2.05) is 12.1 Å². The third-order valence-electron chi connectivity index (χ3n) is 7.45. The van der Waals surface area contributed by atoms with Crippen LogP contribution in [0.25, 0.3) is 0 Å². The van der Waals surface area contributed by atoms with Gasteiger partial charge >= 0.3 is 5.97 Å². The number of piperazine rings is 1. The molecule has 0 spiro atoms. The summed E-state index contributed by atoms with van der Waals surface area (Å²) in [4.78, 5) is 16.2. The molecular weight excluding hydrogens is 372 g/mol. The van der Waals surface area contributed by atoms with Crippen LogP contribution in [0, 0.1) is 5.41 Å². The van der Waals surface area contributed by atoms with Crippen LogP contribution < -0.4 is 4.90 Å². The van der Waals surface area contributed by atoms with Crippen LogP contribution in [0.2, 0.25) is 0 Å². The van der Waals surface area contributed by atoms with Crippen molar-refractivity contribution in [2.75, 3.05) is 37.6 Å². The predicted molar refractivity (Wildman–Crippen MR) is 112 cm³/mol. The Morgan fingerprint density at radius 1 is 1.00 bits per heavy atom. The molecule has 0 radical (unpaired) electrons. The molecule has 0 atom stereocenters. The summed E-state index contributed by atoms with van der Waals surface area (Å²) >= 11 is 6.55. The number of carboxylic acid groups (broad SMARTS) is 1. The van der Waals surface area contributed by atoms with E-state index >= 15 is 0 Å². The molecule has 1 N–H and O–H groups in total. The zero-order valence-corrected chi connectivity index (χ0v) is 17.2. The van der Waals surface area contributed by atoms with Crippen LogP contribution in [0.3, 0.4) is 0 Å². The first-order valence-corrected chi connectivity index (χ1v) is 11.1. The summed E-state index contributed by atoms with van der Waals surface area (Å²) in [6, 6.07) is 7.28. The molecule has 2 bridgehead atoms. The van der Waals surface area contributed by atoms with Crippen molar-refractivity contribution in [2.24, 2.45) is 5.41 Å². The minimum atomic E-state index is -0.864. The number of alkyl halides is 1. The fraction of sp³-hybridized carbons (Fsp3) is 0.609. The molecule has 150 valence electrons. The quantitative estimate of drug-likeness (QED) is 0.582. The minimum Gasteiger partial charge on any atom is -0.478 e. The van der Waals surface area contributed by atoms with Crippen LogP contribution in [0.5, 0.6) is 0 Å². The molecule has 0 aromatic heterocycles. The van der Waals surface area contributed by atoms with Gasteiger partial charge in [-0.2, -0.15) is 0 Å². The highest BCUT2D eigenvalue weighted by atomic mass is 35.5. The summed E-state index contributed by atoms with van der Waals surface area (Å²) in [6.07, 6.45) is 8.95. The van der Waals surface area contributed by atoms with E-state index in [0.717, 1.165) is 38.4 Å². The van der Waals surface area contributed by atoms with E-state index in [4.69, 9.17) is 16.7 Å². The van der Waals surface area contributed by atoms with Crippen LogP contribution in [0.1, 0.15) is 55.3 Å². The fourth-order valence-corrected chi connectivity index (χ4v) is 6.78. The van der Waals surface area contributed by atoms with Gasteiger partial charge < -0.3 is 10.0 Å². The van der Waals surface area contributed by atoms with Crippen molar-refractivity contribution in [2.45, 2.75) is 49.8 Å². The minimum absolute atomic E-state index is 0.164. The summed E-state index contributed by atoms with van der Waals surface area (Å²) < 4.78 is 0. The van der Waals surface area contributed by atoms with Gasteiger partial charge in [0.1, 0.15) is 0 Å². The van der Waals surface area contributed by atoms with E-state index in [-0.39, 0.29) is 4.87 Å². The van der Waals surface area contributed by atoms with E-state index in [9.17, 15) is 4.79 Å². The summed E-state index contributed by atoms with van der Waals surface area (Å²) in [5, 5.41) is 9.06. The number of anilines is 1. The smallest absolute Gasteiger partial charge is 0.335 e. The normalized spacial score (nSPS) is 32.7. The Morgan fingerprint density at radius 3 is 2.25 bits per heavy atom. The molecule has 1 saturated heterocycles. The highest BCUT2D eigenvalue weighted by Gasteiger charge is 2.68. The molecule has 3 saturated carbocycles. The number of allylic oxidation sites excluding steroid dienone is 1. The number of carboxylic acids is 1. The van der Waals surface area contributed by atoms with E-state index in [2.05, 4.69) is 9.80 Å². The van der Waals surface area contributed by atoms with Crippen molar-refractivity contribution in [1.82, 2.24) is 4.90 Å². The monoisotopic (exact) mass is 400 g/mol. The van der Waals surface area contributed by atoms with Gasteiger partial charge in [0.15, 0.2) is 0 Å². The van der Waals surface area contributed by atoms with Gasteiger partial charge in [0, 0.05) is 43.3 Å². The summed E-state index contributed by atoms with van der Waals surface area (Å²) in [5.74, 6) is -0.864. The van der Waals surface area contributed by atoms with Crippen molar-refractivity contribution < 1.29 is 9.90 Å². The van der Waals surface area contributed by atoms with Crippen LogP contribution in [-0.4, -0.2) is 53.6 Å². The number of rotatable bonds is 5. The third-order valence-corrected chi connectivity index (χ3v) is 7.85. The molecule has 0 unspecified atom stereocenters. The Labute approximate surface area is 172 Å². The molecule has 4 fully saturated rings. The lowest BCUT2D eigenvalue weighted by molar-refractivity contribution is -0.0491. The number of nitrogens with zero attached hydrogens (tertiary/aromatic N) is 2. The zero-order chi connectivity index (χ0) is 19.4. The van der Waals surface area contributed by atoms with Crippen LogP contribution in [0.4, 0.5) is 5.69 Å². The predicted octanol–water partition coefficient (Wildman–Crippen LogP) is 4.54.